The average Bonchev–Trinajstić information content (AvgIpc) is 3.72. The molecule has 8 aromatic carbocycles. The van der Waals surface area contributed by atoms with E-state index in [4.69, 9.17) is 0 Å². The van der Waals surface area contributed by atoms with E-state index < -0.39 is 0 Å². The molecular formula is C66H64BN3S. The van der Waals surface area contributed by atoms with Crippen LogP contribution in [-0.4, -0.2) is 6.71 Å². The Morgan fingerprint density at radius 2 is 1.07 bits per heavy atom. The molecule has 352 valence electrons. The summed E-state index contributed by atoms with van der Waals surface area (Å²) in [6.45, 7) is 25.9. The Kier molecular flexibility index (Phi) is 10.4. The molecule has 3 aliphatic rings. The largest absolute Gasteiger partial charge is 0.311 e. The summed E-state index contributed by atoms with van der Waals surface area (Å²) >= 11 is 2.02. The zero-order valence-electron chi connectivity index (χ0n) is 43.3. The number of thiophene rings is 1. The van der Waals surface area contributed by atoms with Crippen LogP contribution in [0.4, 0.5) is 51.2 Å². The van der Waals surface area contributed by atoms with Crippen molar-refractivity contribution in [1.29, 1.82) is 0 Å². The van der Waals surface area contributed by atoms with E-state index in [9.17, 15) is 0 Å². The van der Waals surface area contributed by atoms with E-state index in [1.165, 1.54) is 123 Å². The molecule has 0 N–H and O–H groups in total. The molecule has 2 aliphatic heterocycles. The standard InChI is InChI=1S/C66H64BN3S/c1-41-20-18-21-42(2)59(41)45-28-33-54-55(36-45)70(61-43(3)22-19-23-44(61)4)57-38-50(68(47-24-14-12-15-25-47)48-26-16-13-17-27-48)37-56-60(57)67(54)63-62(69(56)49-31-29-46(30-32-49)64(5,6)7)51-39-52-53(40-58(51)71-63)66(10,11)35-34-65(52,8)9/h12-33,36-40H,34-35H2,1-11H3. The molecule has 3 heterocycles. The predicted octanol–water partition coefficient (Wildman–Crippen LogP) is 17.0. The van der Waals surface area contributed by atoms with Crippen molar-refractivity contribution in [3.05, 3.63) is 203 Å². The number of anilines is 9. The normalized spacial score (nSPS) is 15.3. The van der Waals surface area contributed by atoms with Crippen molar-refractivity contribution in [2.45, 2.75) is 105 Å². The molecule has 1 aliphatic carbocycles. The Bertz CT molecular complexity index is 3500. The van der Waals surface area contributed by atoms with E-state index in [1.54, 1.807) is 0 Å². The van der Waals surface area contributed by atoms with Crippen molar-refractivity contribution in [2.75, 3.05) is 14.7 Å². The minimum Gasteiger partial charge on any atom is -0.311 e. The van der Waals surface area contributed by atoms with Crippen molar-refractivity contribution < 1.29 is 0 Å². The molecule has 0 unspecified atom stereocenters. The van der Waals surface area contributed by atoms with Crippen LogP contribution in [0.15, 0.2) is 164 Å². The fourth-order valence-electron chi connectivity index (χ4n) is 12.5. The summed E-state index contributed by atoms with van der Waals surface area (Å²) in [6.07, 6.45) is 2.35. The van der Waals surface area contributed by atoms with Crippen LogP contribution in [-0.2, 0) is 16.2 Å². The molecule has 0 spiro atoms. The lowest BCUT2D eigenvalue weighted by Gasteiger charge is -2.45. The molecule has 0 bridgehead atoms. The van der Waals surface area contributed by atoms with Gasteiger partial charge in [0.2, 0.25) is 0 Å². The molecule has 9 aromatic rings. The van der Waals surface area contributed by atoms with Crippen LogP contribution in [0, 0.1) is 27.7 Å². The first-order valence-electron chi connectivity index (χ1n) is 25.7. The number of para-hydroxylation sites is 3. The molecule has 0 radical (unpaired) electrons. The highest BCUT2D eigenvalue weighted by molar-refractivity contribution is 7.33. The summed E-state index contributed by atoms with van der Waals surface area (Å²) in [7, 11) is 0. The van der Waals surface area contributed by atoms with Crippen LogP contribution in [0.1, 0.15) is 100 Å². The molecule has 12 rings (SSSR count). The van der Waals surface area contributed by atoms with Crippen molar-refractivity contribution in [2.24, 2.45) is 0 Å². The smallest absolute Gasteiger partial charge is 0.264 e. The SMILES string of the molecule is Cc1cccc(C)c1-c1ccc2c(c1)N(c1c(C)cccc1C)c1cc(N(c3ccccc3)c3ccccc3)cc3c1B2c1sc2cc4c(cc2c1N3c1ccc(C(C)(C)C)cc1)C(C)(C)CCC4(C)C. The van der Waals surface area contributed by atoms with Crippen molar-refractivity contribution >= 4 is 95.0 Å². The monoisotopic (exact) mass is 941 g/mol. The number of nitrogens with zero attached hydrogens (tertiary/aromatic N) is 3. The van der Waals surface area contributed by atoms with Gasteiger partial charge in [-0.2, -0.15) is 0 Å². The summed E-state index contributed by atoms with van der Waals surface area (Å²) in [5.41, 5.74) is 25.5. The average molecular weight is 942 g/mol. The van der Waals surface area contributed by atoms with Crippen LogP contribution in [0.2, 0.25) is 0 Å². The number of hydrogen-bond donors (Lipinski definition) is 0. The maximum Gasteiger partial charge on any atom is 0.264 e. The minimum absolute atomic E-state index is 0.0134. The molecule has 0 amide bonds. The van der Waals surface area contributed by atoms with E-state index in [-0.39, 0.29) is 23.0 Å². The topological polar surface area (TPSA) is 9.72 Å². The van der Waals surface area contributed by atoms with Gasteiger partial charge in [0, 0.05) is 49.0 Å². The minimum atomic E-state index is -0.0194. The molecule has 0 saturated carbocycles. The van der Waals surface area contributed by atoms with Gasteiger partial charge < -0.3 is 14.7 Å². The van der Waals surface area contributed by atoms with Crippen LogP contribution in [0.25, 0.3) is 21.2 Å². The van der Waals surface area contributed by atoms with Gasteiger partial charge in [-0.05, 0) is 185 Å². The maximum absolute atomic E-state index is 2.67. The quantitative estimate of drug-likeness (QED) is 0.154. The second-order valence-electron chi connectivity index (χ2n) is 23.1. The molecule has 1 aromatic heterocycles. The molecule has 5 heteroatoms. The lowest BCUT2D eigenvalue weighted by Crippen LogP contribution is -2.60. The number of aryl methyl sites for hydroxylation is 4. The van der Waals surface area contributed by atoms with E-state index in [2.05, 4.69) is 255 Å². The highest BCUT2D eigenvalue weighted by atomic mass is 32.1. The first kappa shape index (κ1) is 45.3. The Labute approximate surface area is 426 Å². The summed E-state index contributed by atoms with van der Waals surface area (Å²) in [4.78, 5) is 7.77. The molecule has 71 heavy (non-hydrogen) atoms. The Hall–Kier alpha value is -6.82. The van der Waals surface area contributed by atoms with E-state index in [0.717, 1.165) is 17.1 Å². The van der Waals surface area contributed by atoms with Crippen LogP contribution in [0.3, 0.4) is 0 Å². The Morgan fingerprint density at radius 1 is 0.521 bits per heavy atom. The second-order valence-corrected chi connectivity index (χ2v) is 24.1. The fraction of sp³-hybridized carbons (Fsp3) is 0.242. The molecular weight excluding hydrogens is 878 g/mol. The first-order valence-corrected chi connectivity index (χ1v) is 26.5. The number of fused-ring (bicyclic) bond motifs is 7. The van der Waals surface area contributed by atoms with Crippen LogP contribution < -0.4 is 30.4 Å². The molecule has 0 fully saturated rings. The molecule has 0 saturated heterocycles. The maximum atomic E-state index is 2.67. The predicted molar refractivity (Wildman–Crippen MR) is 309 cm³/mol. The van der Waals surface area contributed by atoms with Crippen LogP contribution >= 0.6 is 11.3 Å². The van der Waals surface area contributed by atoms with Gasteiger partial charge in [-0.3, -0.25) is 0 Å². The van der Waals surface area contributed by atoms with Crippen molar-refractivity contribution in [1.82, 2.24) is 0 Å². The number of hydrogen-bond acceptors (Lipinski definition) is 4. The molecule has 3 nitrogen and oxygen atoms in total. The van der Waals surface area contributed by atoms with Gasteiger partial charge in [0.05, 0.1) is 17.1 Å². The Balaban J connectivity index is 1.25. The van der Waals surface area contributed by atoms with Gasteiger partial charge in [-0.15, -0.1) is 11.3 Å². The summed E-state index contributed by atoms with van der Waals surface area (Å²) < 4.78 is 2.77. The van der Waals surface area contributed by atoms with Crippen molar-refractivity contribution in [3.63, 3.8) is 0 Å². The zero-order chi connectivity index (χ0) is 49.3. The third kappa shape index (κ3) is 7.21. The van der Waals surface area contributed by atoms with Gasteiger partial charge in [-0.25, -0.2) is 0 Å². The van der Waals surface area contributed by atoms with Gasteiger partial charge >= 0.3 is 0 Å². The Morgan fingerprint density at radius 3 is 1.65 bits per heavy atom. The summed E-state index contributed by atoms with van der Waals surface area (Å²) in [6, 6.07) is 62.6. The zero-order valence-corrected chi connectivity index (χ0v) is 44.1. The first-order chi connectivity index (χ1) is 34.0. The van der Waals surface area contributed by atoms with Gasteiger partial charge in [0.1, 0.15) is 0 Å². The third-order valence-electron chi connectivity index (χ3n) is 16.3. The second kappa shape index (κ2) is 16.4. The van der Waals surface area contributed by atoms with Gasteiger partial charge in [0.25, 0.3) is 6.71 Å². The van der Waals surface area contributed by atoms with Crippen molar-refractivity contribution in [3.8, 4) is 11.1 Å². The van der Waals surface area contributed by atoms with E-state index in [1.807, 2.05) is 11.3 Å². The third-order valence-corrected chi connectivity index (χ3v) is 17.5. The van der Waals surface area contributed by atoms with Gasteiger partial charge in [0.15, 0.2) is 0 Å². The lowest BCUT2D eigenvalue weighted by atomic mass is 9.36. The number of benzene rings is 8. The number of rotatable bonds is 6. The lowest BCUT2D eigenvalue weighted by molar-refractivity contribution is 0.332. The summed E-state index contributed by atoms with van der Waals surface area (Å²) in [5.74, 6) is 0. The molecule has 0 atom stereocenters. The highest BCUT2D eigenvalue weighted by Gasteiger charge is 2.47. The fourth-order valence-corrected chi connectivity index (χ4v) is 13.8. The van der Waals surface area contributed by atoms with Gasteiger partial charge in [-0.1, -0.05) is 146 Å². The summed E-state index contributed by atoms with van der Waals surface area (Å²) in [5, 5.41) is 1.35. The van der Waals surface area contributed by atoms with E-state index >= 15 is 0 Å². The highest BCUT2D eigenvalue weighted by Crippen LogP contribution is 2.54. The van der Waals surface area contributed by atoms with Crippen LogP contribution in [0.5, 0.6) is 0 Å². The van der Waals surface area contributed by atoms with E-state index in [0.29, 0.717) is 0 Å².